The Labute approximate surface area is 209 Å². The molecule has 0 aromatic heterocycles. The predicted molar refractivity (Wildman–Crippen MR) is 142 cm³/mol. The molecule has 1 aromatic carbocycles. The molecule has 192 valence electrons. The number of nitrogens with one attached hydrogen (secondary N) is 2. The first kappa shape index (κ1) is 27.2. The topological polar surface area (TPSA) is 50.4 Å². The van der Waals surface area contributed by atoms with Gasteiger partial charge in [-0.15, -0.1) is 0 Å². The number of ether oxygens (including phenoxy) is 1. The van der Waals surface area contributed by atoms with Crippen LogP contribution in [0, 0.1) is 22.2 Å². The average Bonchev–Trinajstić information content (AvgIpc) is 2.80. The van der Waals surface area contributed by atoms with Gasteiger partial charge < -0.3 is 15.4 Å². The third-order valence-corrected chi connectivity index (χ3v) is 9.22. The van der Waals surface area contributed by atoms with Gasteiger partial charge in [0.05, 0.1) is 12.7 Å². The first-order valence-electron chi connectivity index (χ1n) is 13.6. The van der Waals surface area contributed by atoms with Crippen LogP contribution < -0.4 is 10.6 Å². The maximum Gasteiger partial charge on any atom is 0.338 e. The predicted octanol–water partition coefficient (Wildman–Crippen LogP) is 6.73. The molecule has 4 nitrogen and oxygen atoms in total. The molecule has 0 bridgehead atoms. The van der Waals surface area contributed by atoms with Crippen LogP contribution in [0.4, 0.5) is 0 Å². The zero-order chi connectivity index (χ0) is 25.0. The molecule has 2 N–H and O–H groups in total. The highest BCUT2D eigenvalue weighted by molar-refractivity contribution is 5.90. The van der Waals surface area contributed by atoms with E-state index in [0.717, 1.165) is 18.0 Å². The summed E-state index contributed by atoms with van der Waals surface area (Å²) in [6.07, 6.45) is 10.3. The lowest BCUT2D eigenvalue weighted by atomic mass is 9.58. The smallest absolute Gasteiger partial charge is 0.338 e. The molecule has 0 saturated heterocycles. The van der Waals surface area contributed by atoms with E-state index in [1.807, 2.05) is 24.3 Å². The van der Waals surface area contributed by atoms with Crippen molar-refractivity contribution in [3.63, 3.8) is 0 Å². The summed E-state index contributed by atoms with van der Waals surface area (Å²) in [4.78, 5) is 12.1. The number of rotatable bonds is 7. The third-order valence-electron chi connectivity index (χ3n) is 9.22. The van der Waals surface area contributed by atoms with Gasteiger partial charge in [0, 0.05) is 25.2 Å². The van der Waals surface area contributed by atoms with E-state index in [2.05, 4.69) is 52.2 Å². The zero-order valence-electron chi connectivity index (χ0n) is 22.9. The van der Waals surface area contributed by atoms with Crippen LogP contribution in [-0.2, 0) is 11.3 Å². The fourth-order valence-electron chi connectivity index (χ4n) is 6.31. The maximum atomic E-state index is 12.1. The molecule has 1 aromatic rings. The van der Waals surface area contributed by atoms with Crippen molar-refractivity contribution < 1.29 is 9.53 Å². The molecule has 2 aliphatic carbocycles. The molecule has 4 heteroatoms. The van der Waals surface area contributed by atoms with Gasteiger partial charge in [-0.3, -0.25) is 0 Å². The van der Waals surface area contributed by atoms with Crippen molar-refractivity contribution >= 4 is 5.97 Å². The molecule has 2 saturated carbocycles. The van der Waals surface area contributed by atoms with Crippen molar-refractivity contribution in [1.29, 1.82) is 0 Å². The summed E-state index contributed by atoms with van der Waals surface area (Å²) in [5.74, 6) is 0.614. The standard InChI is InChI=1S/C30H50N2O2/c1-28(2,3)23-12-14-24(15-13-23)32-21-30(29(4,5)6)18-16-25(17-19-30)31-20-22-10-8-9-11-26(22)27(33)34-7/h8-11,23-25,31-32H,12-21H2,1-7H3. The van der Waals surface area contributed by atoms with Gasteiger partial charge in [0.15, 0.2) is 0 Å². The molecule has 0 spiro atoms. The minimum Gasteiger partial charge on any atom is -0.465 e. The van der Waals surface area contributed by atoms with Gasteiger partial charge in [0.1, 0.15) is 0 Å². The Bertz CT molecular complexity index is 789. The van der Waals surface area contributed by atoms with Crippen molar-refractivity contribution in [3.8, 4) is 0 Å². The Morgan fingerprint density at radius 1 is 0.912 bits per heavy atom. The number of hydrogen-bond acceptors (Lipinski definition) is 4. The number of carbonyl (C=O) groups is 1. The highest BCUT2D eigenvalue weighted by atomic mass is 16.5. The first-order chi connectivity index (χ1) is 15.9. The van der Waals surface area contributed by atoms with Crippen molar-refractivity contribution in [2.24, 2.45) is 22.2 Å². The Morgan fingerprint density at radius 2 is 1.50 bits per heavy atom. The van der Waals surface area contributed by atoms with Gasteiger partial charge in [-0.05, 0) is 85.2 Å². The molecule has 0 radical (unpaired) electrons. The van der Waals surface area contributed by atoms with Gasteiger partial charge in [-0.1, -0.05) is 59.7 Å². The molecule has 0 amide bonds. The molecular weight excluding hydrogens is 420 g/mol. The summed E-state index contributed by atoms with van der Waals surface area (Å²) in [6, 6.07) is 8.97. The summed E-state index contributed by atoms with van der Waals surface area (Å²) >= 11 is 0. The van der Waals surface area contributed by atoms with Crippen LogP contribution in [0.3, 0.4) is 0 Å². The van der Waals surface area contributed by atoms with Crippen LogP contribution >= 0.6 is 0 Å². The third kappa shape index (κ3) is 6.63. The quantitative estimate of drug-likeness (QED) is 0.434. The molecule has 0 unspecified atom stereocenters. The van der Waals surface area contributed by atoms with Crippen LogP contribution in [0.1, 0.15) is 109 Å². The highest BCUT2D eigenvalue weighted by Crippen LogP contribution is 2.49. The Morgan fingerprint density at radius 3 is 2.06 bits per heavy atom. The fourth-order valence-corrected chi connectivity index (χ4v) is 6.31. The monoisotopic (exact) mass is 470 g/mol. The lowest BCUT2D eigenvalue weighted by molar-refractivity contribution is 0.0234. The maximum absolute atomic E-state index is 12.1. The van der Waals surface area contributed by atoms with E-state index < -0.39 is 0 Å². The largest absolute Gasteiger partial charge is 0.465 e. The van der Waals surface area contributed by atoms with Gasteiger partial charge in [-0.25, -0.2) is 4.79 Å². The summed E-state index contributed by atoms with van der Waals surface area (Å²) in [5, 5.41) is 7.78. The van der Waals surface area contributed by atoms with E-state index in [9.17, 15) is 4.79 Å². The molecule has 2 fully saturated rings. The number of esters is 1. The van der Waals surface area contributed by atoms with E-state index >= 15 is 0 Å². The number of hydrogen-bond donors (Lipinski definition) is 2. The molecular formula is C30H50N2O2. The van der Waals surface area contributed by atoms with Gasteiger partial charge >= 0.3 is 5.97 Å². The number of benzene rings is 1. The second-order valence-electron chi connectivity index (χ2n) is 13.1. The average molecular weight is 471 g/mol. The normalized spacial score (nSPS) is 28.5. The van der Waals surface area contributed by atoms with E-state index in [-0.39, 0.29) is 11.4 Å². The SMILES string of the molecule is COC(=O)c1ccccc1CNC1CCC(CNC2CCC(C(C)(C)C)CC2)(C(C)(C)C)CC1. The fraction of sp³-hybridized carbons (Fsp3) is 0.767. The van der Waals surface area contributed by atoms with Gasteiger partial charge in [-0.2, -0.15) is 0 Å². The number of carbonyl (C=O) groups excluding carboxylic acids is 1. The Balaban J connectivity index is 1.53. The molecule has 34 heavy (non-hydrogen) atoms. The lowest BCUT2D eigenvalue weighted by Crippen LogP contribution is -2.51. The minimum absolute atomic E-state index is 0.254. The number of methoxy groups -OCH3 is 1. The Hall–Kier alpha value is -1.39. The Kier molecular flexibility index (Phi) is 8.90. The lowest BCUT2D eigenvalue weighted by Gasteiger charge is -2.50. The summed E-state index contributed by atoms with van der Waals surface area (Å²) in [5.41, 5.74) is 2.76. The molecule has 0 heterocycles. The van der Waals surface area contributed by atoms with E-state index in [1.54, 1.807) is 0 Å². The molecule has 0 aliphatic heterocycles. The first-order valence-corrected chi connectivity index (χ1v) is 13.6. The second-order valence-corrected chi connectivity index (χ2v) is 13.1. The molecule has 0 atom stereocenters. The summed E-state index contributed by atoms with van der Waals surface area (Å²) in [7, 11) is 1.45. The van der Waals surface area contributed by atoms with E-state index in [1.165, 1.54) is 58.5 Å². The van der Waals surface area contributed by atoms with Crippen LogP contribution in [0.25, 0.3) is 0 Å². The van der Waals surface area contributed by atoms with Crippen LogP contribution in [0.2, 0.25) is 0 Å². The zero-order valence-corrected chi connectivity index (χ0v) is 22.9. The molecule has 3 rings (SSSR count). The van der Waals surface area contributed by atoms with Crippen LogP contribution in [0.15, 0.2) is 24.3 Å². The van der Waals surface area contributed by atoms with Crippen molar-refractivity contribution in [3.05, 3.63) is 35.4 Å². The van der Waals surface area contributed by atoms with Crippen molar-refractivity contribution in [2.45, 2.75) is 112 Å². The summed E-state index contributed by atoms with van der Waals surface area (Å²) in [6.45, 7) is 16.4. The van der Waals surface area contributed by atoms with E-state index in [4.69, 9.17) is 4.74 Å². The second kappa shape index (κ2) is 11.1. The van der Waals surface area contributed by atoms with Crippen LogP contribution in [-0.4, -0.2) is 31.7 Å². The van der Waals surface area contributed by atoms with E-state index in [0.29, 0.717) is 35.0 Å². The molecule has 2 aliphatic rings. The highest BCUT2D eigenvalue weighted by Gasteiger charge is 2.44. The van der Waals surface area contributed by atoms with Gasteiger partial charge in [0.2, 0.25) is 0 Å². The van der Waals surface area contributed by atoms with Crippen molar-refractivity contribution in [1.82, 2.24) is 10.6 Å². The van der Waals surface area contributed by atoms with Crippen molar-refractivity contribution in [2.75, 3.05) is 13.7 Å². The minimum atomic E-state index is -0.254. The van der Waals surface area contributed by atoms with Gasteiger partial charge in [0.25, 0.3) is 0 Å². The van der Waals surface area contributed by atoms with Crippen LogP contribution in [0.5, 0.6) is 0 Å². The summed E-state index contributed by atoms with van der Waals surface area (Å²) < 4.78 is 4.96.